The smallest absolute Gasteiger partial charge is 0.161 e. The van der Waals surface area contributed by atoms with E-state index in [0.29, 0.717) is 17.0 Å². The Morgan fingerprint density at radius 2 is 2.19 bits per heavy atom. The molecule has 2 heterocycles. The van der Waals surface area contributed by atoms with Crippen LogP contribution in [0, 0.1) is 17.2 Å². The normalized spacial score (nSPS) is 15.4. The number of carbonyl (C=O) groups excluding carboxylic acids is 1. The molecule has 0 aliphatic carbocycles. The summed E-state index contributed by atoms with van der Waals surface area (Å²) < 4.78 is 0. The van der Waals surface area contributed by atoms with Gasteiger partial charge >= 0.3 is 0 Å². The SMILES string of the molecule is CCc1nc(CN2CCC(CNc3cc(C#N)ccc3C(C)=O)CC2)cs1. The van der Waals surface area contributed by atoms with E-state index in [1.54, 1.807) is 36.5 Å². The minimum Gasteiger partial charge on any atom is -0.384 e. The molecule has 1 fully saturated rings. The number of piperidine rings is 1. The molecule has 1 aromatic carbocycles. The molecule has 0 spiro atoms. The van der Waals surface area contributed by atoms with Gasteiger partial charge in [0.25, 0.3) is 0 Å². The van der Waals surface area contributed by atoms with E-state index in [0.717, 1.165) is 51.1 Å². The first-order valence-corrected chi connectivity index (χ1v) is 10.4. The van der Waals surface area contributed by atoms with Crippen LogP contribution < -0.4 is 5.32 Å². The van der Waals surface area contributed by atoms with Crippen molar-refractivity contribution in [2.75, 3.05) is 25.0 Å². The van der Waals surface area contributed by atoms with E-state index in [4.69, 9.17) is 5.26 Å². The minimum absolute atomic E-state index is 0.0199. The minimum atomic E-state index is 0.0199. The zero-order valence-corrected chi connectivity index (χ0v) is 16.8. The average Bonchev–Trinajstić information content (AvgIpc) is 3.14. The molecule has 0 atom stereocenters. The summed E-state index contributed by atoms with van der Waals surface area (Å²) in [6.07, 6.45) is 3.27. The summed E-state index contributed by atoms with van der Waals surface area (Å²) in [6.45, 7) is 7.62. The lowest BCUT2D eigenvalue weighted by molar-refractivity contribution is 0.101. The largest absolute Gasteiger partial charge is 0.384 e. The van der Waals surface area contributed by atoms with Crippen molar-refractivity contribution in [2.45, 2.75) is 39.7 Å². The highest BCUT2D eigenvalue weighted by Gasteiger charge is 2.20. The number of aromatic nitrogens is 1. The van der Waals surface area contributed by atoms with Crippen molar-refractivity contribution in [3.8, 4) is 6.07 Å². The van der Waals surface area contributed by atoms with Crippen LogP contribution in [-0.4, -0.2) is 35.3 Å². The molecule has 0 radical (unpaired) electrons. The van der Waals surface area contributed by atoms with Crippen LogP contribution in [0.4, 0.5) is 5.69 Å². The second kappa shape index (κ2) is 9.12. The van der Waals surface area contributed by atoms with E-state index in [-0.39, 0.29) is 5.78 Å². The molecule has 1 aromatic heterocycles. The van der Waals surface area contributed by atoms with Crippen LogP contribution in [0.2, 0.25) is 0 Å². The third-order valence-corrected chi connectivity index (χ3v) is 6.15. The van der Waals surface area contributed by atoms with Crippen LogP contribution >= 0.6 is 11.3 Å². The van der Waals surface area contributed by atoms with Crippen LogP contribution in [0.25, 0.3) is 0 Å². The van der Waals surface area contributed by atoms with Crippen LogP contribution in [-0.2, 0) is 13.0 Å². The Labute approximate surface area is 165 Å². The number of benzene rings is 1. The van der Waals surface area contributed by atoms with Crippen molar-refractivity contribution in [1.29, 1.82) is 5.26 Å². The Morgan fingerprint density at radius 1 is 1.41 bits per heavy atom. The van der Waals surface area contributed by atoms with Crippen molar-refractivity contribution < 1.29 is 4.79 Å². The quantitative estimate of drug-likeness (QED) is 0.730. The van der Waals surface area contributed by atoms with Crippen LogP contribution in [0.3, 0.4) is 0 Å². The molecule has 5 nitrogen and oxygen atoms in total. The van der Waals surface area contributed by atoms with Gasteiger partial charge < -0.3 is 5.32 Å². The topological polar surface area (TPSA) is 69.0 Å². The molecule has 2 aromatic rings. The summed E-state index contributed by atoms with van der Waals surface area (Å²) in [7, 11) is 0. The van der Waals surface area contributed by atoms with Crippen molar-refractivity contribution in [2.24, 2.45) is 5.92 Å². The standard InChI is InChI=1S/C21H26N4OS/c1-3-21-24-18(14-27-21)13-25-8-6-16(7-9-25)12-23-20-10-17(11-22)4-5-19(20)15(2)26/h4-5,10,14,16,23H,3,6-9,12-13H2,1-2H3. The van der Waals surface area contributed by atoms with Crippen molar-refractivity contribution in [3.05, 3.63) is 45.4 Å². The lowest BCUT2D eigenvalue weighted by Gasteiger charge is -2.31. The van der Waals surface area contributed by atoms with Gasteiger partial charge in [-0.2, -0.15) is 5.26 Å². The zero-order chi connectivity index (χ0) is 19.2. The number of hydrogen-bond donors (Lipinski definition) is 1. The Bertz CT molecular complexity index is 831. The fraction of sp³-hybridized carbons (Fsp3) is 0.476. The van der Waals surface area contributed by atoms with Crippen molar-refractivity contribution in [3.63, 3.8) is 0 Å². The lowest BCUT2D eigenvalue weighted by atomic mass is 9.96. The van der Waals surface area contributed by atoms with Gasteiger partial charge in [-0.25, -0.2) is 4.98 Å². The van der Waals surface area contributed by atoms with Gasteiger partial charge in [0.2, 0.25) is 0 Å². The molecule has 27 heavy (non-hydrogen) atoms. The monoisotopic (exact) mass is 382 g/mol. The first-order valence-electron chi connectivity index (χ1n) is 9.53. The second-order valence-corrected chi connectivity index (χ2v) is 8.06. The van der Waals surface area contributed by atoms with E-state index in [1.165, 1.54) is 10.7 Å². The highest BCUT2D eigenvalue weighted by molar-refractivity contribution is 7.09. The number of nitrogens with zero attached hydrogens (tertiary/aromatic N) is 3. The molecule has 1 saturated heterocycles. The van der Waals surface area contributed by atoms with E-state index >= 15 is 0 Å². The summed E-state index contributed by atoms with van der Waals surface area (Å²) in [5.41, 5.74) is 3.19. The average molecular weight is 383 g/mol. The number of nitrogens with one attached hydrogen (secondary N) is 1. The number of anilines is 1. The summed E-state index contributed by atoms with van der Waals surface area (Å²) >= 11 is 1.75. The predicted molar refractivity (Wildman–Crippen MR) is 109 cm³/mol. The number of rotatable bonds is 7. The van der Waals surface area contributed by atoms with Crippen LogP contribution in [0.5, 0.6) is 0 Å². The molecule has 6 heteroatoms. The third kappa shape index (κ3) is 5.15. The van der Waals surface area contributed by atoms with Gasteiger partial charge in [-0.15, -0.1) is 11.3 Å². The molecule has 0 saturated carbocycles. The molecular formula is C21H26N4OS. The first kappa shape index (κ1) is 19.5. The molecule has 0 bridgehead atoms. The van der Waals surface area contributed by atoms with E-state index in [2.05, 4.69) is 33.6 Å². The number of ketones is 1. The van der Waals surface area contributed by atoms with E-state index in [9.17, 15) is 4.79 Å². The van der Waals surface area contributed by atoms with Gasteiger partial charge in [0, 0.05) is 29.7 Å². The Hall–Kier alpha value is -2.23. The Kier molecular flexibility index (Phi) is 6.59. The predicted octanol–water partition coefficient (Wildman–Crippen LogP) is 4.10. The van der Waals surface area contributed by atoms with Gasteiger partial charge in [0.05, 0.1) is 22.3 Å². The van der Waals surface area contributed by atoms with E-state index < -0.39 is 0 Å². The summed E-state index contributed by atoms with van der Waals surface area (Å²) in [5, 5.41) is 15.9. The van der Waals surface area contributed by atoms with Gasteiger partial charge in [-0.1, -0.05) is 6.92 Å². The second-order valence-electron chi connectivity index (χ2n) is 7.11. The molecule has 142 valence electrons. The van der Waals surface area contributed by atoms with Crippen LogP contribution in [0.1, 0.15) is 53.3 Å². The molecular weight excluding hydrogens is 356 g/mol. The van der Waals surface area contributed by atoms with E-state index in [1.807, 2.05) is 0 Å². The summed E-state index contributed by atoms with van der Waals surface area (Å²) in [6, 6.07) is 7.36. The highest BCUT2D eigenvalue weighted by Crippen LogP contribution is 2.23. The Morgan fingerprint density at radius 3 is 2.81 bits per heavy atom. The van der Waals surface area contributed by atoms with Crippen LogP contribution in [0.15, 0.2) is 23.6 Å². The molecule has 1 N–H and O–H groups in total. The van der Waals surface area contributed by atoms with Crippen molar-refractivity contribution >= 4 is 22.8 Å². The first-order chi connectivity index (χ1) is 13.1. The Balaban J connectivity index is 1.51. The maximum atomic E-state index is 11.8. The molecule has 1 aliphatic heterocycles. The summed E-state index contributed by atoms with van der Waals surface area (Å²) in [5.74, 6) is 0.597. The molecule has 0 unspecified atom stereocenters. The fourth-order valence-corrected chi connectivity index (χ4v) is 4.22. The number of aryl methyl sites for hydroxylation is 1. The maximum absolute atomic E-state index is 11.8. The fourth-order valence-electron chi connectivity index (χ4n) is 3.48. The molecule has 3 rings (SSSR count). The van der Waals surface area contributed by atoms with Gasteiger partial charge in [-0.05, 0) is 63.4 Å². The van der Waals surface area contributed by atoms with Crippen molar-refractivity contribution in [1.82, 2.24) is 9.88 Å². The number of thiazole rings is 1. The highest BCUT2D eigenvalue weighted by atomic mass is 32.1. The zero-order valence-electron chi connectivity index (χ0n) is 16.0. The van der Waals surface area contributed by atoms with Gasteiger partial charge in [0.1, 0.15) is 0 Å². The third-order valence-electron chi connectivity index (χ3n) is 5.10. The number of Topliss-reactive ketones (excluding diaryl/α,β-unsaturated/α-hetero) is 1. The maximum Gasteiger partial charge on any atom is 0.161 e. The number of carbonyl (C=O) groups is 1. The van der Waals surface area contributed by atoms with Gasteiger partial charge in [-0.3, -0.25) is 9.69 Å². The van der Waals surface area contributed by atoms with Gasteiger partial charge in [0.15, 0.2) is 5.78 Å². The number of likely N-dealkylation sites (tertiary alicyclic amines) is 1. The molecule has 0 amide bonds. The number of nitriles is 1. The molecule has 1 aliphatic rings. The summed E-state index contributed by atoms with van der Waals surface area (Å²) in [4.78, 5) is 19.0. The lowest BCUT2D eigenvalue weighted by Crippen LogP contribution is -2.35. The number of hydrogen-bond acceptors (Lipinski definition) is 6.